The van der Waals surface area contributed by atoms with Gasteiger partial charge in [0.05, 0.1) is 17.9 Å². The number of hydrogen-bond donors (Lipinski definition) is 0. The number of carbonyl (C=O) groups is 1. The fourth-order valence-electron chi connectivity index (χ4n) is 2.09. The van der Waals surface area contributed by atoms with E-state index in [1.165, 1.54) is 12.8 Å². The molecule has 0 radical (unpaired) electrons. The highest BCUT2D eigenvalue weighted by molar-refractivity contribution is 5.93. The quantitative estimate of drug-likeness (QED) is 0.737. The summed E-state index contributed by atoms with van der Waals surface area (Å²) in [6, 6.07) is 0.596. The normalized spacial score (nSPS) is 22.1. The molecule has 1 aromatic heterocycles. The van der Waals surface area contributed by atoms with Gasteiger partial charge in [0.1, 0.15) is 0 Å². The van der Waals surface area contributed by atoms with Gasteiger partial charge in [-0.1, -0.05) is 0 Å². The molecule has 1 saturated heterocycles. The average Bonchev–Trinajstić information content (AvgIpc) is 2.99. The van der Waals surface area contributed by atoms with Crippen LogP contribution >= 0.6 is 0 Å². The molecule has 0 unspecified atom stereocenters. The zero-order valence-corrected chi connectivity index (χ0v) is 8.72. The van der Waals surface area contributed by atoms with Crippen molar-refractivity contribution in [2.45, 2.75) is 38.1 Å². The Bertz CT molecular complexity index is 381. The Kier molecular flexibility index (Phi) is 2.01. The second-order valence-corrected chi connectivity index (χ2v) is 4.41. The zero-order chi connectivity index (χ0) is 10.3. The van der Waals surface area contributed by atoms with Crippen LogP contribution in [0.25, 0.3) is 0 Å². The molecule has 0 spiro atoms. The van der Waals surface area contributed by atoms with Crippen LogP contribution in [0.15, 0.2) is 12.4 Å². The van der Waals surface area contributed by atoms with E-state index >= 15 is 0 Å². The minimum absolute atomic E-state index is 0.247. The summed E-state index contributed by atoms with van der Waals surface area (Å²) in [5.41, 5.74) is 0.978. The van der Waals surface area contributed by atoms with Gasteiger partial charge in [-0.15, -0.1) is 0 Å². The summed E-state index contributed by atoms with van der Waals surface area (Å²) >= 11 is 0. The van der Waals surface area contributed by atoms with Gasteiger partial charge in [-0.3, -0.25) is 9.48 Å². The summed E-state index contributed by atoms with van der Waals surface area (Å²) < 4.78 is 2.00. The van der Waals surface area contributed by atoms with E-state index < -0.39 is 0 Å². The Morgan fingerprint density at radius 2 is 2.20 bits per heavy atom. The first-order chi connectivity index (χ1) is 7.34. The van der Waals surface area contributed by atoms with E-state index in [1.807, 2.05) is 22.0 Å². The predicted octanol–water partition coefficient (Wildman–Crippen LogP) is 1.73. The number of piperidine rings is 1. The molecule has 15 heavy (non-hydrogen) atoms. The first-order valence-electron chi connectivity index (χ1n) is 5.69. The van der Waals surface area contributed by atoms with Crippen LogP contribution in [-0.4, -0.2) is 22.2 Å². The number of rotatable bonds is 2. The minimum Gasteiger partial charge on any atom is -0.310 e. The lowest BCUT2D eigenvalue weighted by molar-refractivity contribution is -0.119. The molecule has 3 rings (SSSR count). The number of carbonyl (C=O) groups excluding carboxylic acids is 1. The lowest BCUT2D eigenvalue weighted by atomic mass is 10.1. The minimum atomic E-state index is 0.247. The molecule has 0 atom stereocenters. The molecule has 0 bridgehead atoms. The van der Waals surface area contributed by atoms with Crippen molar-refractivity contribution in [3.63, 3.8) is 0 Å². The van der Waals surface area contributed by atoms with E-state index in [0.29, 0.717) is 12.5 Å². The van der Waals surface area contributed by atoms with Crippen LogP contribution in [0.2, 0.25) is 0 Å². The van der Waals surface area contributed by atoms with Crippen molar-refractivity contribution < 1.29 is 4.79 Å². The van der Waals surface area contributed by atoms with Crippen molar-refractivity contribution in [1.82, 2.24) is 9.78 Å². The van der Waals surface area contributed by atoms with Crippen LogP contribution < -0.4 is 4.90 Å². The molecule has 1 aliphatic carbocycles. The smallest absolute Gasteiger partial charge is 0.227 e. The highest BCUT2D eigenvalue weighted by atomic mass is 16.2. The van der Waals surface area contributed by atoms with Gasteiger partial charge in [-0.05, 0) is 25.7 Å². The molecule has 4 nitrogen and oxygen atoms in total. The first kappa shape index (κ1) is 8.95. The summed E-state index contributed by atoms with van der Waals surface area (Å²) in [5.74, 6) is 0.247. The number of anilines is 1. The Labute approximate surface area is 88.9 Å². The fraction of sp³-hybridized carbons (Fsp3) is 0.636. The third kappa shape index (κ3) is 1.64. The van der Waals surface area contributed by atoms with Gasteiger partial charge in [0, 0.05) is 19.2 Å². The summed E-state index contributed by atoms with van der Waals surface area (Å²) in [6.07, 6.45) is 9.13. The molecule has 1 aliphatic heterocycles. The highest BCUT2D eigenvalue weighted by Gasteiger charge is 2.26. The summed E-state index contributed by atoms with van der Waals surface area (Å²) in [5, 5.41) is 4.31. The highest BCUT2D eigenvalue weighted by Crippen LogP contribution is 2.35. The third-order valence-electron chi connectivity index (χ3n) is 3.14. The van der Waals surface area contributed by atoms with Crippen molar-refractivity contribution in [1.29, 1.82) is 0 Å². The first-order valence-corrected chi connectivity index (χ1v) is 5.69. The molecule has 1 amide bonds. The van der Waals surface area contributed by atoms with Crippen LogP contribution in [0, 0.1) is 0 Å². The molecule has 80 valence electrons. The molecule has 1 saturated carbocycles. The van der Waals surface area contributed by atoms with Gasteiger partial charge in [-0.2, -0.15) is 5.10 Å². The van der Waals surface area contributed by atoms with Crippen molar-refractivity contribution in [2.24, 2.45) is 0 Å². The van der Waals surface area contributed by atoms with Crippen molar-refractivity contribution in [3.8, 4) is 0 Å². The third-order valence-corrected chi connectivity index (χ3v) is 3.14. The maximum atomic E-state index is 11.7. The number of nitrogens with zero attached hydrogens (tertiary/aromatic N) is 3. The number of amides is 1. The Balaban J connectivity index is 1.80. The van der Waals surface area contributed by atoms with Crippen molar-refractivity contribution in [2.75, 3.05) is 11.4 Å². The van der Waals surface area contributed by atoms with E-state index in [-0.39, 0.29) is 5.91 Å². The van der Waals surface area contributed by atoms with Crippen LogP contribution in [-0.2, 0) is 4.79 Å². The fourth-order valence-corrected chi connectivity index (χ4v) is 2.09. The van der Waals surface area contributed by atoms with Crippen LogP contribution in [0.5, 0.6) is 0 Å². The molecule has 2 heterocycles. The van der Waals surface area contributed by atoms with Gasteiger partial charge in [-0.25, -0.2) is 0 Å². The van der Waals surface area contributed by atoms with Gasteiger partial charge in [0.15, 0.2) is 0 Å². The molecule has 2 fully saturated rings. The van der Waals surface area contributed by atoms with Crippen LogP contribution in [0.1, 0.15) is 38.1 Å². The predicted molar refractivity (Wildman–Crippen MR) is 56.7 cm³/mol. The monoisotopic (exact) mass is 205 g/mol. The van der Waals surface area contributed by atoms with E-state index in [2.05, 4.69) is 5.10 Å². The Morgan fingerprint density at radius 3 is 2.93 bits per heavy atom. The molecule has 2 aliphatic rings. The van der Waals surface area contributed by atoms with E-state index in [4.69, 9.17) is 0 Å². The van der Waals surface area contributed by atoms with E-state index in [1.54, 1.807) is 0 Å². The van der Waals surface area contributed by atoms with Crippen LogP contribution in [0.4, 0.5) is 5.69 Å². The van der Waals surface area contributed by atoms with Crippen molar-refractivity contribution >= 4 is 11.6 Å². The van der Waals surface area contributed by atoms with Gasteiger partial charge >= 0.3 is 0 Å². The van der Waals surface area contributed by atoms with Gasteiger partial charge in [0.2, 0.25) is 5.91 Å². The second-order valence-electron chi connectivity index (χ2n) is 4.41. The summed E-state index contributed by atoms with van der Waals surface area (Å²) in [7, 11) is 0. The summed E-state index contributed by atoms with van der Waals surface area (Å²) in [4.78, 5) is 13.5. The van der Waals surface area contributed by atoms with Crippen LogP contribution in [0.3, 0.4) is 0 Å². The Hall–Kier alpha value is -1.32. The SMILES string of the molecule is O=C1CCCCN1c1cnn(C2CC2)c1. The van der Waals surface area contributed by atoms with Gasteiger partial charge in [0.25, 0.3) is 0 Å². The number of hydrogen-bond acceptors (Lipinski definition) is 2. The van der Waals surface area contributed by atoms with E-state index in [0.717, 1.165) is 25.1 Å². The second kappa shape index (κ2) is 3.36. The molecule has 0 N–H and O–H groups in total. The molecular formula is C11H15N3O. The molecule has 0 aromatic carbocycles. The average molecular weight is 205 g/mol. The molecule has 4 heteroatoms. The lowest BCUT2D eigenvalue weighted by Crippen LogP contribution is -2.34. The summed E-state index contributed by atoms with van der Waals surface area (Å²) in [6.45, 7) is 0.856. The van der Waals surface area contributed by atoms with Gasteiger partial charge < -0.3 is 4.90 Å². The Morgan fingerprint density at radius 1 is 1.33 bits per heavy atom. The standard InChI is InChI=1S/C11H15N3O/c15-11-3-1-2-6-13(11)10-7-12-14(8-10)9-4-5-9/h7-9H,1-6H2. The van der Waals surface area contributed by atoms with Crippen molar-refractivity contribution in [3.05, 3.63) is 12.4 Å². The number of aromatic nitrogens is 2. The molecule has 1 aromatic rings. The lowest BCUT2D eigenvalue weighted by Gasteiger charge is -2.24. The maximum Gasteiger partial charge on any atom is 0.227 e. The molecular weight excluding hydrogens is 190 g/mol. The van der Waals surface area contributed by atoms with E-state index in [9.17, 15) is 4.79 Å². The largest absolute Gasteiger partial charge is 0.310 e. The topological polar surface area (TPSA) is 38.1 Å². The maximum absolute atomic E-state index is 11.7. The zero-order valence-electron chi connectivity index (χ0n) is 8.72.